The Bertz CT molecular complexity index is 457. The number of piperidine rings is 1. The van der Waals surface area contributed by atoms with E-state index >= 15 is 0 Å². The van der Waals surface area contributed by atoms with Crippen molar-refractivity contribution in [1.82, 2.24) is 10.2 Å². The molecule has 1 saturated heterocycles. The zero-order chi connectivity index (χ0) is 16.0. The van der Waals surface area contributed by atoms with Crippen LogP contribution < -0.4 is 10.1 Å². The van der Waals surface area contributed by atoms with E-state index in [0.717, 1.165) is 13.0 Å². The Balaban J connectivity index is 1.71. The molecule has 0 amide bonds. The van der Waals surface area contributed by atoms with Crippen LogP contribution in [0.25, 0.3) is 0 Å². The maximum absolute atomic E-state index is 10.3. The van der Waals surface area contributed by atoms with Gasteiger partial charge in [-0.05, 0) is 70.8 Å². The number of likely N-dealkylation sites (tertiary alicyclic amines) is 1. The van der Waals surface area contributed by atoms with E-state index in [1.165, 1.54) is 31.5 Å². The highest BCUT2D eigenvalue weighted by atomic mass is 16.5. The van der Waals surface area contributed by atoms with Crippen molar-refractivity contribution >= 4 is 6.47 Å². The highest BCUT2D eigenvalue weighted by Gasteiger charge is 2.22. The molecule has 1 aromatic carbocycles. The summed E-state index contributed by atoms with van der Waals surface area (Å²) in [6, 6.07) is 8.42. The second-order valence-electron chi connectivity index (χ2n) is 7.12. The average molecular weight is 304 g/mol. The van der Waals surface area contributed by atoms with Crippen LogP contribution >= 0.6 is 0 Å². The lowest BCUT2D eigenvalue weighted by molar-refractivity contribution is -0.120. The molecule has 0 aliphatic carbocycles. The van der Waals surface area contributed by atoms with Crippen molar-refractivity contribution in [2.24, 2.45) is 0 Å². The third-order valence-electron chi connectivity index (χ3n) is 4.05. The van der Waals surface area contributed by atoms with Crippen LogP contribution in [-0.2, 0) is 11.2 Å². The van der Waals surface area contributed by atoms with Crippen LogP contribution in [0, 0.1) is 0 Å². The summed E-state index contributed by atoms with van der Waals surface area (Å²) in [7, 11) is 0. The maximum atomic E-state index is 10.3. The van der Waals surface area contributed by atoms with E-state index in [2.05, 4.69) is 31.0 Å². The van der Waals surface area contributed by atoms with Gasteiger partial charge in [-0.3, -0.25) is 4.79 Å². The normalized spacial score (nSPS) is 17.4. The van der Waals surface area contributed by atoms with E-state index in [9.17, 15) is 4.79 Å². The van der Waals surface area contributed by atoms with Crippen LogP contribution in [0.15, 0.2) is 24.3 Å². The Morgan fingerprint density at radius 1 is 1.23 bits per heavy atom. The molecule has 1 heterocycles. The first-order valence-corrected chi connectivity index (χ1v) is 8.15. The molecule has 1 aliphatic rings. The summed E-state index contributed by atoms with van der Waals surface area (Å²) in [5, 5.41) is 3.70. The molecule has 4 heteroatoms. The molecule has 0 radical (unpaired) electrons. The molecule has 4 nitrogen and oxygen atoms in total. The van der Waals surface area contributed by atoms with Crippen molar-refractivity contribution in [2.75, 3.05) is 19.6 Å². The minimum atomic E-state index is 0.207. The minimum absolute atomic E-state index is 0.207. The van der Waals surface area contributed by atoms with Crippen molar-refractivity contribution in [3.8, 4) is 5.75 Å². The first-order valence-electron chi connectivity index (χ1n) is 8.15. The van der Waals surface area contributed by atoms with E-state index in [4.69, 9.17) is 4.74 Å². The van der Waals surface area contributed by atoms with Gasteiger partial charge in [0.2, 0.25) is 0 Å². The second kappa shape index (κ2) is 7.75. The lowest BCUT2D eigenvalue weighted by atomic mass is 9.99. The summed E-state index contributed by atoms with van der Waals surface area (Å²) in [4.78, 5) is 12.8. The van der Waals surface area contributed by atoms with Crippen LogP contribution in [0.1, 0.15) is 39.2 Å². The monoisotopic (exact) mass is 304 g/mol. The zero-order valence-corrected chi connectivity index (χ0v) is 14.0. The van der Waals surface area contributed by atoms with Crippen LogP contribution in [0.3, 0.4) is 0 Å². The van der Waals surface area contributed by atoms with Crippen molar-refractivity contribution in [3.05, 3.63) is 29.8 Å². The van der Waals surface area contributed by atoms with Crippen molar-refractivity contribution in [2.45, 2.75) is 51.6 Å². The highest BCUT2D eigenvalue weighted by Crippen LogP contribution is 2.16. The van der Waals surface area contributed by atoms with E-state index in [0.29, 0.717) is 18.3 Å². The van der Waals surface area contributed by atoms with E-state index in [-0.39, 0.29) is 5.54 Å². The molecule has 1 fully saturated rings. The zero-order valence-electron chi connectivity index (χ0n) is 14.0. The van der Waals surface area contributed by atoms with Gasteiger partial charge in [0.25, 0.3) is 6.47 Å². The summed E-state index contributed by atoms with van der Waals surface area (Å²) in [5.74, 6) is 0.604. The smallest absolute Gasteiger partial charge is 0.298 e. The third-order valence-corrected chi connectivity index (χ3v) is 4.05. The van der Waals surface area contributed by atoms with Gasteiger partial charge < -0.3 is 15.0 Å². The summed E-state index contributed by atoms with van der Waals surface area (Å²) in [5.41, 5.74) is 1.49. The predicted octanol–water partition coefficient (Wildman–Crippen LogP) is 2.62. The van der Waals surface area contributed by atoms with E-state index in [1.54, 1.807) is 0 Å². The molecular weight excluding hydrogens is 276 g/mol. The highest BCUT2D eigenvalue weighted by molar-refractivity contribution is 5.45. The van der Waals surface area contributed by atoms with Crippen LogP contribution in [0.5, 0.6) is 5.75 Å². The number of rotatable bonds is 6. The predicted molar refractivity (Wildman–Crippen MR) is 89.2 cm³/mol. The fourth-order valence-electron chi connectivity index (χ4n) is 2.99. The number of nitrogens with zero attached hydrogens (tertiary/aromatic N) is 1. The number of hydrogen-bond acceptors (Lipinski definition) is 4. The van der Waals surface area contributed by atoms with Crippen molar-refractivity contribution in [1.29, 1.82) is 0 Å². The van der Waals surface area contributed by atoms with Crippen LogP contribution in [-0.4, -0.2) is 42.6 Å². The van der Waals surface area contributed by atoms with Gasteiger partial charge in [0.1, 0.15) is 5.75 Å². The van der Waals surface area contributed by atoms with Crippen molar-refractivity contribution in [3.63, 3.8) is 0 Å². The van der Waals surface area contributed by atoms with Gasteiger partial charge in [0.15, 0.2) is 0 Å². The molecule has 1 N–H and O–H groups in total. The Morgan fingerprint density at radius 3 is 2.41 bits per heavy atom. The van der Waals surface area contributed by atoms with Gasteiger partial charge in [-0.15, -0.1) is 0 Å². The number of hydrogen-bond donors (Lipinski definition) is 1. The maximum Gasteiger partial charge on any atom is 0.298 e. The topological polar surface area (TPSA) is 41.6 Å². The first kappa shape index (κ1) is 17.0. The van der Waals surface area contributed by atoms with Gasteiger partial charge in [-0.2, -0.15) is 0 Å². The Hall–Kier alpha value is -1.39. The number of carbonyl (C=O) groups excluding carboxylic acids is 1. The van der Waals surface area contributed by atoms with E-state index < -0.39 is 0 Å². The summed E-state index contributed by atoms with van der Waals surface area (Å²) < 4.78 is 4.81. The van der Waals surface area contributed by atoms with Crippen molar-refractivity contribution < 1.29 is 9.53 Å². The third kappa shape index (κ3) is 5.78. The van der Waals surface area contributed by atoms with Crippen LogP contribution in [0.2, 0.25) is 0 Å². The number of carbonyl (C=O) groups is 1. The number of ether oxygens (including phenoxy) is 1. The molecule has 0 aromatic heterocycles. The van der Waals surface area contributed by atoms with Gasteiger partial charge in [-0.25, -0.2) is 0 Å². The standard InChI is InChI=1S/C18H28N2O2/c1-18(2,3)19-16-9-12-20(13-10-16)11-8-15-4-6-17(7-5-15)22-14-21/h4-7,14,16,19H,8-13H2,1-3H3. The second-order valence-corrected chi connectivity index (χ2v) is 7.12. The quantitative estimate of drug-likeness (QED) is 0.820. The number of benzene rings is 1. The lowest BCUT2D eigenvalue weighted by Crippen LogP contribution is -2.49. The first-order chi connectivity index (χ1) is 10.5. The fourth-order valence-corrected chi connectivity index (χ4v) is 2.99. The van der Waals surface area contributed by atoms with E-state index in [1.807, 2.05) is 24.3 Å². The minimum Gasteiger partial charge on any atom is -0.429 e. The Kier molecular flexibility index (Phi) is 5.98. The molecule has 122 valence electrons. The lowest BCUT2D eigenvalue weighted by Gasteiger charge is -2.36. The summed E-state index contributed by atoms with van der Waals surface area (Å²) in [6.45, 7) is 10.6. The molecule has 0 atom stereocenters. The molecule has 0 unspecified atom stereocenters. The van der Waals surface area contributed by atoms with Gasteiger partial charge in [0.05, 0.1) is 0 Å². The molecule has 0 spiro atoms. The Morgan fingerprint density at radius 2 is 1.86 bits per heavy atom. The molecule has 1 aliphatic heterocycles. The van der Waals surface area contributed by atoms with Gasteiger partial charge in [0, 0.05) is 18.1 Å². The molecular formula is C18H28N2O2. The van der Waals surface area contributed by atoms with Gasteiger partial charge in [-0.1, -0.05) is 12.1 Å². The fraction of sp³-hybridized carbons (Fsp3) is 0.611. The SMILES string of the molecule is CC(C)(C)NC1CCN(CCc2ccc(OC=O)cc2)CC1. The summed E-state index contributed by atoms with van der Waals surface area (Å²) in [6.07, 6.45) is 3.49. The van der Waals surface area contributed by atoms with Gasteiger partial charge >= 0.3 is 0 Å². The molecule has 0 saturated carbocycles. The largest absolute Gasteiger partial charge is 0.429 e. The number of nitrogens with one attached hydrogen (secondary N) is 1. The molecule has 2 rings (SSSR count). The van der Waals surface area contributed by atoms with Crippen LogP contribution in [0.4, 0.5) is 0 Å². The average Bonchev–Trinajstić information content (AvgIpc) is 2.47. The summed E-state index contributed by atoms with van der Waals surface area (Å²) >= 11 is 0. The molecule has 22 heavy (non-hydrogen) atoms. The Labute approximate surface area is 133 Å². The molecule has 0 bridgehead atoms. The molecule has 1 aromatic rings.